The van der Waals surface area contributed by atoms with E-state index in [1.807, 2.05) is 0 Å². The second-order valence-corrected chi connectivity index (χ2v) is 14.4. The lowest BCUT2D eigenvalue weighted by molar-refractivity contribution is -0.253. The van der Waals surface area contributed by atoms with E-state index in [1.54, 1.807) is 0 Å². The molecule has 0 saturated heterocycles. The monoisotopic (exact) mass is 974 g/mol. The van der Waals surface area contributed by atoms with Gasteiger partial charge in [0.2, 0.25) is 0 Å². The van der Waals surface area contributed by atoms with Crippen molar-refractivity contribution in [3.8, 4) is 34.5 Å². The Bertz CT molecular complexity index is 2560. The average Bonchev–Trinajstić information content (AvgIpc) is 3.31. The smallest absolute Gasteiger partial charge is 0.461 e. The van der Waals surface area contributed by atoms with Gasteiger partial charge in [0, 0.05) is 11.4 Å². The molecular weight excluding hydrogens is 937 g/mol. The zero-order valence-corrected chi connectivity index (χ0v) is 35.7. The number of hydrogen-bond acceptors (Lipinski definition) is 14. The van der Waals surface area contributed by atoms with Crippen LogP contribution in [-0.4, -0.2) is 85.2 Å². The van der Waals surface area contributed by atoms with Crippen molar-refractivity contribution in [2.24, 2.45) is 0 Å². The van der Waals surface area contributed by atoms with Crippen LogP contribution in [0.25, 0.3) is 12.2 Å². The molecular formula is C47H38F8N2O12. The lowest BCUT2D eigenvalue weighted by atomic mass is 9.83. The molecule has 14 nitrogen and oxygen atoms in total. The number of anilines is 2. The van der Waals surface area contributed by atoms with Crippen LogP contribution in [0, 0.1) is 0 Å². The molecule has 5 rings (SSSR count). The lowest BCUT2D eigenvalue weighted by Gasteiger charge is -2.26. The van der Waals surface area contributed by atoms with Gasteiger partial charge in [0.1, 0.15) is 23.7 Å². The number of esters is 2. The summed E-state index contributed by atoms with van der Waals surface area (Å²) < 4.78 is 133. The molecule has 5 aromatic carbocycles. The van der Waals surface area contributed by atoms with Crippen molar-refractivity contribution in [3.05, 3.63) is 143 Å². The number of hydrogen-bond donors (Lipinski definition) is 4. The summed E-state index contributed by atoms with van der Waals surface area (Å²) in [6.07, 6.45) is -17.6. The second kappa shape index (κ2) is 22.2. The maximum absolute atomic E-state index is 13.4. The van der Waals surface area contributed by atoms with Crippen LogP contribution in [0.5, 0.6) is 34.5 Å². The molecule has 0 amide bonds. The standard InChI is InChI=1S/C47H38F8N2O12/c1-64-37-21-26(9-19-35(37)68-46(52,53)44(48)49)42(62)66-29-12-3-24(4-13-29)7-17-33(58)40(60)39(31-16-11-28(56)23-32(31)57)41(61)34(59)18-8-25-5-14-30(15-6-25)67-43(63)27-10-20-36(38(22-27)65-2)69-47(54,55)45(50)51/h3-23,39-41,44-45,60-61H,56-57H2,1-2H3/b17-7+,18-8+. The number of carbonyl (C=O) groups is 4. The Labute approximate surface area is 385 Å². The Morgan fingerprint density at radius 3 is 1.29 bits per heavy atom. The van der Waals surface area contributed by atoms with Gasteiger partial charge in [0.25, 0.3) is 0 Å². The van der Waals surface area contributed by atoms with Crippen molar-refractivity contribution in [2.45, 2.75) is 43.2 Å². The molecule has 0 aliphatic heterocycles. The molecule has 0 aliphatic rings. The number of alkyl halides is 8. The molecule has 22 heteroatoms. The summed E-state index contributed by atoms with van der Waals surface area (Å²) in [6.45, 7) is 0. The molecule has 0 aliphatic carbocycles. The first kappa shape index (κ1) is 52.0. The molecule has 0 fully saturated rings. The highest BCUT2D eigenvalue weighted by Crippen LogP contribution is 2.37. The number of carbonyl (C=O) groups excluding carboxylic acids is 4. The summed E-state index contributed by atoms with van der Waals surface area (Å²) in [7, 11) is 2.07. The molecule has 5 aromatic rings. The van der Waals surface area contributed by atoms with Crippen molar-refractivity contribution >= 4 is 47.0 Å². The van der Waals surface area contributed by atoms with Crippen LogP contribution >= 0.6 is 0 Å². The Morgan fingerprint density at radius 2 is 0.942 bits per heavy atom. The Kier molecular flexibility index (Phi) is 16.7. The number of rotatable bonds is 21. The van der Waals surface area contributed by atoms with E-state index in [1.165, 1.54) is 78.9 Å². The average molecular weight is 975 g/mol. The predicted molar refractivity (Wildman–Crippen MR) is 230 cm³/mol. The number of nitrogen functional groups attached to an aromatic ring is 2. The largest absolute Gasteiger partial charge is 0.493 e. The Hall–Kier alpha value is -7.98. The van der Waals surface area contributed by atoms with Gasteiger partial charge in [0.05, 0.1) is 31.3 Å². The van der Waals surface area contributed by atoms with Gasteiger partial charge in [0.15, 0.2) is 34.6 Å². The van der Waals surface area contributed by atoms with Crippen LogP contribution < -0.4 is 39.9 Å². The summed E-state index contributed by atoms with van der Waals surface area (Å²) in [5, 5.41) is 22.6. The van der Waals surface area contributed by atoms with E-state index in [0.29, 0.717) is 11.1 Å². The van der Waals surface area contributed by atoms with Crippen molar-refractivity contribution in [2.75, 3.05) is 25.7 Å². The minimum absolute atomic E-state index is 0.00167. The number of ketones is 2. The van der Waals surface area contributed by atoms with Crippen LogP contribution in [0.2, 0.25) is 0 Å². The van der Waals surface area contributed by atoms with E-state index >= 15 is 0 Å². The first-order chi connectivity index (χ1) is 32.5. The molecule has 2 unspecified atom stereocenters. The first-order valence-electron chi connectivity index (χ1n) is 19.7. The van der Waals surface area contributed by atoms with Gasteiger partial charge in [-0.25, -0.2) is 9.59 Å². The van der Waals surface area contributed by atoms with E-state index in [9.17, 15) is 64.5 Å². The van der Waals surface area contributed by atoms with Crippen molar-refractivity contribution in [1.29, 1.82) is 0 Å². The minimum atomic E-state index is -4.83. The van der Waals surface area contributed by atoms with Gasteiger partial charge in [-0.1, -0.05) is 42.5 Å². The number of aliphatic hydroxyl groups is 2. The highest BCUT2D eigenvalue weighted by molar-refractivity contribution is 6.01. The highest BCUT2D eigenvalue weighted by atomic mass is 19.3. The third-order valence-electron chi connectivity index (χ3n) is 9.59. The van der Waals surface area contributed by atoms with Crippen molar-refractivity contribution < 1.29 is 92.9 Å². The molecule has 6 N–H and O–H groups in total. The number of methoxy groups -OCH3 is 2. The molecule has 0 saturated carbocycles. The number of nitrogens with two attached hydrogens (primary N) is 2. The van der Waals surface area contributed by atoms with Crippen LogP contribution in [0.4, 0.5) is 46.5 Å². The van der Waals surface area contributed by atoms with Gasteiger partial charge in [-0.3, -0.25) is 9.59 Å². The molecule has 2 atom stereocenters. The first-order valence-corrected chi connectivity index (χ1v) is 19.7. The van der Waals surface area contributed by atoms with Gasteiger partial charge in [-0.15, -0.1) is 0 Å². The third-order valence-corrected chi connectivity index (χ3v) is 9.59. The fraction of sp³-hybridized carbons (Fsp3) is 0.191. The fourth-order valence-corrected chi connectivity index (χ4v) is 6.08. The zero-order chi connectivity index (χ0) is 50.8. The Balaban J connectivity index is 1.24. The van der Waals surface area contributed by atoms with Crippen LogP contribution in [-0.2, 0) is 9.59 Å². The maximum atomic E-state index is 13.4. The van der Waals surface area contributed by atoms with Crippen molar-refractivity contribution in [1.82, 2.24) is 0 Å². The van der Waals surface area contributed by atoms with Crippen LogP contribution in [0.1, 0.15) is 43.3 Å². The summed E-state index contributed by atoms with van der Waals surface area (Å²) in [5.74, 6) is -8.07. The maximum Gasteiger partial charge on any atom is 0.461 e. The van der Waals surface area contributed by atoms with Crippen molar-refractivity contribution in [3.63, 3.8) is 0 Å². The minimum Gasteiger partial charge on any atom is -0.493 e. The summed E-state index contributed by atoms with van der Waals surface area (Å²) in [5.41, 5.74) is 12.3. The van der Waals surface area contributed by atoms with Crippen LogP contribution in [0.15, 0.2) is 115 Å². The van der Waals surface area contributed by atoms with E-state index in [4.69, 9.17) is 30.4 Å². The van der Waals surface area contributed by atoms with E-state index < -0.39 is 89.7 Å². The molecule has 0 aromatic heterocycles. The molecule has 0 radical (unpaired) electrons. The zero-order valence-electron chi connectivity index (χ0n) is 35.7. The molecule has 0 heterocycles. The summed E-state index contributed by atoms with van der Waals surface area (Å²) in [4.78, 5) is 52.3. The normalized spacial score (nSPS) is 13.2. The topological polar surface area (TPSA) is 216 Å². The Morgan fingerprint density at radius 1 is 0.551 bits per heavy atom. The summed E-state index contributed by atoms with van der Waals surface area (Å²) in [6, 6.07) is 20.3. The predicted octanol–water partition coefficient (Wildman–Crippen LogP) is 8.15. The summed E-state index contributed by atoms with van der Waals surface area (Å²) >= 11 is 0. The number of ether oxygens (including phenoxy) is 6. The van der Waals surface area contributed by atoms with Gasteiger partial charge in [-0.05, 0) is 102 Å². The van der Waals surface area contributed by atoms with Crippen LogP contribution in [0.3, 0.4) is 0 Å². The highest BCUT2D eigenvalue weighted by Gasteiger charge is 2.45. The SMILES string of the molecule is COc1cc(C(=O)Oc2ccc(/C=C/C(=O)C(O)C(c3ccc(N)cc3N)C(O)C(=O)/C=C/c3ccc(OC(=O)c4ccc(OC(F)(F)C(F)F)c(OC)c4)cc3)cc2)ccc1OC(F)(F)C(F)F. The molecule has 364 valence electrons. The van der Waals surface area contributed by atoms with E-state index in [2.05, 4.69) is 9.47 Å². The second-order valence-electron chi connectivity index (χ2n) is 14.4. The number of halogens is 8. The number of aliphatic hydroxyl groups excluding tert-OH is 2. The molecule has 69 heavy (non-hydrogen) atoms. The molecule has 0 spiro atoms. The fourth-order valence-electron chi connectivity index (χ4n) is 6.08. The van der Waals surface area contributed by atoms with E-state index in [-0.39, 0.29) is 39.6 Å². The van der Waals surface area contributed by atoms with Gasteiger partial charge < -0.3 is 50.1 Å². The lowest BCUT2D eigenvalue weighted by Crippen LogP contribution is -2.39. The number of benzene rings is 5. The quantitative estimate of drug-likeness (QED) is 0.0180. The third kappa shape index (κ3) is 13.4. The van der Waals surface area contributed by atoms with Gasteiger partial charge >= 0.3 is 37.0 Å². The molecule has 0 bridgehead atoms. The van der Waals surface area contributed by atoms with E-state index in [0.717, 1.165) is 62.8 Å². The van der Waals surface area contributed by atoms with Gasteiger partial charge in [-0.2, -0.15) is 35.1 Å².